The average molecular weight is 251 g/mol. The molecule has 0 spiro atoms. The van der Waals surface area contributed by atoms with Crippen LogP contribution in [0.5, 0.6) is 0 Å². The topological polar surface area (TPSA) is 39.1 Å². The van der Waals surface area contributed by atoms with E-state index in [2.05, 4.69) is 37.4 Å². The number of hydrogen-bond donors (Lipinski definition) is 1. The van der Waals surface area contributed by atoms with Crippen LogP contribution in [0.4, 0.5) is 0 Å². The van der Waals surface area contributed by atoms with Crippen LogP contribution in [0.2, 0.25) is 0 Å². The second-order valence-electron chi connectivity index (χ2n) is 5.39. The van der Waals surface area contributed by atoms with Gasteiger partial charge in [0.1, 0.15) is 0 Å². The van der Waals surface area contributed by atoms with Gasteiger partial charge in [0, 0.05) is 36.9 Å². The minimum atomic E-state index is 0.224. The lowest BCUT2D eigenvalue weighted by Crippen LogP contribution is -2.25. The molecule has 1 aromatic heterocycles. The third kappa shape index (κ3) is 3.12. The molecule has 0 amide bonds. The molecule has 1 aromatic rings. The number of ether oxygens (including phenoxy) is 1. The summed E-state index contributed by atoms with van der Waals surface area (Å²) >= 11 is 0. The van der Waals surface area contributed by atoms with E-state index < -0.39 is 0 Å². The number of hydrogen-bond acceptors (Lipinski definition) is 3. The molecular weight excluding hydrogens is 226 g/mol. The maximum Gasteiger partial charge on any atom is 0.0896 e. The molecule has 0 bridgehead atoms. The monoisotopic (exact) mass is 251 g/mol. The highest BCUT2D eigenvalue weighted by atomic mass is 16.5. The van der Waals surface area contributed by atoms with Gasteiger partial charge in [-0.25, -0.2) is 0 Å². The molecule has 2 heterocycles. The van der Waals surface area contributed by atoms with E-state index in [9.17, 15) is 0 Å². The van der Waals surface area contributed by atoms with Gasteiger partial charge in [0.2, 0.25) is 0 Å². The van der Waals surface area contributed by atoms with Crippen molar-refractivity contribution >= 4 is 0 Å². The van der Waals surface area contributed by atoms with Gasteiger partial charge in [-0.3, -0.25) is 4.68 Å². The van der Waals surface area contributed by atoms with Crippen LogP contribution in [0, 0.1) is 5.92 Å². The standard InChI is InChI=1S/C14H25N3O/c1-4-6-15-8-12-5-7-18-14(12)13-9-16-17(10-13)11(2)3/h9-12,14-15H,4-8H2,1-3H3. The molecule has 1 N–H and O–H groups in total. The van der Waals surface area contributed by atoms with E-state index in [0.717, 1.165) is 26.1 Å². The van der Waals surface area contributed by atoms with Crippen molar-refractivity contribution in [2.45, 2.75) is 45.8 Å². The maximum absolute atomic E-state index is 5.88. The molecule has 2 rings (SSSR count). The van der Waals surface area contributed by atoms with Crippen molar-refractivity contribution in [1.29, 1.82) is 0 Å². The SMILES string of the molecule is CCCNCC1CCOC1c1cnn(C(C)C)c1. The molecule has 18 heavy (non-hydrogen) atoms. The van der Waals surface area contributed by atoms with Gasteiger partial charge < -0.3 is 10.1 Å². The molecule has 1 saturated heterocycles. The summed E-state index contributed by atoms with van der Waals surface area (Å²) in [5.74, 6) is 0.585. The fourth-order valence-electron chi connectivity index (χ4n) is 2.46. The summed E-state index contributed by atoms with van der Waals surface area (Å²) in [6, 6.07) is 0.414. The summed E-state index contributed by atoms with van der Waals surface area (Å²) in [4.78, 5) is 0. The molecule has 4 nitrogen and oxygen atoms in total. The third-order valence-electron chi connectivity index (χ3n) is 3.53. The van der Waals surface area contributed by atoms with Crippen LogP contribution in [0.25, 0.3) is 0 Å². The highest BCUT2D eigenvalue weighted by Crippen LogP contribution is 2.34. The van der Waals surface area contributed by atoms with E-state index >= 15 is 0 Å². The van der Waals surface area contributed by atoms with Gasteiger partial charge in [0.25, 0.3) is 0 Å². The number of rotatable bonds is 6. The molecule has 1 fully saturated rings. The van der Waals surface area contributed by atoms with Gasteiger partial charge in [-0.05, 0) is 33.2 Å². The van der Waals surface area contributed by atoms with Gasteiger partial charge in [-0.2, -0.15) is 5.10 Å². The van der Waals surface area contributed by atoms with Crippen molar-refractivity contribution in [3.05, 3.63) is 18.0 Å². The van der Waals surface area contributed by atoms with Gasteiger partial charge in [0.15, 0.2) is 0 Å². The Kier molecular flexibility index (Phi) is 4.78. The van der Waals surface area contributed by atoms with Crippen molar-refractivity contribution in [3.8, 4) is 0 Å². The van der Waals surface area contributed by atoms with E-state index in [1.54, 1.807) is 0 Å². The third-order valence-corrected chi connectivity index (χ3v) is 3.53. The first kappa shape index (κ1) is 13.6. The van der Waals surface area contributed by atoms with Crippen LogP contribution in [0.3, 0.4) is 0 Å². The molecule has 0 saturated carbocycles. The lowest BCUT2D eigenvalue weighted by molar-refractivity contribution is 0.0904. The molecule has 1 aliphatic heterocycles. The maximum atomic E-state index is 5.88. The molecule has 1 aliphatic rings. The van der Waals surface area contributed by atoms with Gasteiger partial charge >= 0.3 is 0 Å². The van der Waals surface area contributed by atoms with Crippen LogP contribution >= 0.6 is 0 Å². The number of aromatic nitrogens is 2. The molecule has 2 unspecified atom stereocenters. The molecule has 102 valence electrons. The van der Waals surface area contributed by atoms with Crippen LogP contribution in [-0.2, 0) is 4.74 Å². The van der Waals surface area contributed by atoms with Crippen LogP contribution < -0.4 is 5.32 Å². The Morgan fingerprint density at radius 2 is 2.39 bits per heavy atom. The fourth-order valence-corrected chi connectivity index (χ4v) is 2.46. The van der Waals surface area contributed by atoms with Crippen molar-refractivity contribution in [1.82, 2.24) is 15.1 Å². The Labute approximate surface area is 110 Å². The number of nitrogens with one attached hydrogen (secondary N) is 1. The predicted octanol–water partition coefficient (Wildman–Crippen LogP) is 2.54. The Morgan fingerprint density at radius 3 is 3.06 bits per heavy atom. The summed E-state index contributed by atoms with van der Waals surface area (Å²) in [6.07, 6.45) is 6.65. The summed E-state index contributed by atoms with van der Waals surface area (Å²) < 4.78 is 7.89. The smallest absolute Gasteiger partial charge is 0.0896 e. The van der Waals surface area contributed by atoms with E-state index in [0.29, 0.717) is 12.0 Å². The summed E-state index contributed by atoms with van der Waals surface area (Å²) in [5.41, 5.74) is 1.23. The fraction of sp³-hybridized carbons (Fsp3) is 0.786. The zero-order valence-electron chi connectivity index (χ0n) is 11.7. The minimum absolute atomic E-state index is 0.224. The summed E-state index contributed by atoms with van der Waals surface area (Å²) in [5, 5.41) is 7.91. The van der Waals surface area contributed by atoms with Gasteiger partial charge in [-0.15, -0.1) is 0 Å². The quantitative estimate of drug-likeness (QED) is 0.790. The Hall–Kier alpha value is -0.870. The first-order valence-corrected chi connectivity index (χ1v) is 7.08. The first-order valence-electron chi connectivity index (χ1n) is 7.08. The van der Waals surface area contributed by atoms with Gasteiger partial charge in [-0.1, -0.05) is 6.92 Å². The summed E-state index contributed by atoms with van der Waals surface area (Å²) in [7, 11) is 0. The Balaban J connectivity index is 1.97. The minimum Gasteiger partial charge on any atom is -0.373 e. The molecule has 0 aliphatic carbocycles. The highest BCUT2D eigenvalue weighted by molar-refractivity contribution is 5.11. The summed E-state index contributed by atoms with van der Waals surface area (Å²) in [6.45, 7) is 9.50. The van der Waals surface area contributed by atoms with Crippen molar-refractivity contribution in [2.24, 2.45) is 5.92 Å². The Bertz CT molecular complexity index is 362. The highest BCUT2D eigenvalue weighted by Gasteiger charge is 2.30. The van der Waals surface area contributed by atoms with Crippen LogP contribution in [-0.4, -0.2) is 29.5 Å². The van der Waals surface area contributed by atoms with Crippen molar-refractivity contribution < 1.29 is 4.74 Å². The van der Waals surface area contributed by atoms with Crippen LogP contribution in [0.15, 0.2) is 12.4 Å². The first-order chi connectivity index (χ1) is 8.72. The normalized spacial score (nSPS) is 24.0. The average Bonchev–Trinajstić information content (AvgIpc) is 2.96. The molecule has 2 atom stereocenters. The van der Waals surface area contributed by atoms with Crippen LogP contribution in [0.1, 0.15) is 51.3 Å². The second kappa shape index (κ2) is 6.34. The second-order valence-corrected chi connectivity index (χ2v) is 5.39. The van der Waals surface area contributed by atoms with Crippen molar-refractivity contribution in [3.63, 3.8) is 0 Å². The lowest BCUT2D eigenvalue weighted by atomic mass is 9.97. The zero-order chi connectivity index (χ0) is 13.0. The molecule has 0 radical (unpaired) electrons. The van der Waals surface area contributed by atoms with E-state index in [1.807, 2.05) is 10.9 Å². The Morgan fingerprint density at radius 1 is 1.56 bits per heavy atom. The predicted molar refractivity (Wildman–Crippen MR) is 72.6 cm³/mol. The van der Waals surface area contributed by atoms with E-state index in [4.69, 9.17) is 4.74 Å². The lowest BCUT2D eigenvalue weighted by Gasteiger charge is -2.17. The largest absolute Gasteiger partial charge is 0.373 e. The van der Waals surface area contributed by atoms with E-state index in [1.165, 1.54) is 12.0 Å². The van der Waals surface area contributed by atoms with Crippen molar-refractivity contribution in [2.75, 3.05) is 19.7 Å². The number of nitrogens with zero attached hydrogens (tertiary/aromatic N) is 2. The molecule has 0 aromatic carbocycles. The molecular formula is C14H25N3O. The van der Waals surface area contributed by atoms with E-state index in [-0.39, 0.29) is 6.10 Å². The van der Waals surface area contributed by atoms with Gasteiger partial charge in [0.05, 0.1) is 12.3 Å². The zero-order valence-corrected chi connectivity index (χ0v) is 11.7. The molecule has 4 heteroatoms.